The van der Waals surface area contributed by atoms with Crippen LogP contribution in [0, 0.1) is 0 Å². The van der Waals surface area contributed by atoms with Crippen LogP contribution >= 0.6 is 49.6 Å². The van der Waals surface area contributed by atoms with E-state index < -0.39 is 12.3 Å². The number of hydrogen-bond acceptors (Lipinski definition) is 0. The van der Waals surface area contributed by atoms with E-state index in [-0.39, 0.29) is 93.7 Å². The van der Waals surface area contributed by atoms with Crippen LogP contribution in [0.5, 0.6) is 0 Å². The van der Waals surface area contributed by atoms with Gasteiger partial charge in [0.2, 0.25) is 0 Å². The Hall–Kier alpha value is 3.65. The number of hydrogen-bond donors (Lipinski definition) is 0. The first-order valence-corrected chi connectivity index (χ1v) is 9.35. The largest absolute Gasteiger partial charge is 1.00 e. The van der Waals surface area contributed by atoms with E-state index in [9.17, 15) is 0 Å². The van der Waals surface area contributed by atoms with Gasteiger partial charge in [-0.1, -0.05) is 29.7 Å². The molecule has 82 valence electrons. The molecule has 0 heterocycles. The molecule has 0 aromatic carbocycles. The molecule has 0 aromatic heterocycles. The molecule has 0 atom stereocenters. The van der Waals surface area contributed by atoms with Crippen molar-refractivity contribution >= 4 is 49.6 Å². The molecule has 0 saturated carbocycles. The van der Waals surface area contributed by atoms with Gasteiger partial charge < -0.3 is 13.8 Å². The summed E-state index contributed by atoms with van der Waals surface area (Å²) in [5.74, 6) is 0. The second kappa shape index (κ2) is 36.1. The SMILES string of the molecule is C.C.C.C.Cl.[Cl-].[Cl][Ti]([Cl])([Cl])[Cl].[H-].[Li+].[Li+]. The summed E-state index contributed by atoms with van der Waals surface area (Å²) >= 11 is -3.11. The second-order valence-corrected chi connectivity index (χ2v) is 15.9. The molecular weight excluding hydrogens is 323 g/mol. The van der Waals surface area contributed by atoms with E-state index in [1.165, 1.54) is 0 Å². The van der Waals surface area contributed by atoms with Crippen LogP contribution in [-0.2, 0) is 12.3 Å². The maximum atomic E-state index is 5.01. The van der Waals surface area contributed by atoms with E-state index >= 15 is 0 Å². The smallest absolute Gasteiger partial charge is 1.00 e. The summed E-state index contributed by atoms with van der Waals surface area (Å²) in [5, 5.41) is 0. The van der Waals surface area contributed by atoms with Gasteiger partial charge in [-0.3, -0.25) is 0 Å². The Balaban J connectivity index is -0.00000000222. The summed E-state index contributed by atoms with van der Waals surface area (Å²) < 4.78 is 0. The fourth-order valence-electron chi connectivity index (χ4n) is 0. The van der Waals surface area contributed by atoms with E-state index in [1.807, 2.05) is 0 Å². The van der Waals surface area contributed by atoms with Crippen molar-refractivity contribution in [2.45, 2.75) is 29.7 Å². The predicted octanol–water partition coefficient (Wildman–Crippen LogP) is -3.15. The van der Waals surface area contributed by atoms with Gasteiger partial charge in [0.1, 0.15) is 0 Å². The van der Waals surface area contributed by atoms with Crippen LogP contribution in [0.3, 0.4) is 0 Å². The molecule has 0 rings (SSSR count). The minimum atomic E-state index is -3.11. The predicted molar refractivity (Wildman–Crippen MR) is 58.7 cm³/mol. The van der Waals surface area contributed by atoms with Crippen molar-refractivity contribution in [2.24, 2.45) is 0 Å². The van der Waals surface area contributed by atoms with Gasteiger partial charge in [-0.15, -0.1) is 12.4 Å². The van der Waals surface area contributed by atoms with Gasteiger partial charge >= 0.3 is 87.3 Å². The Kier molecular flexibility index (Phi) is 193. The van der Waals surface area contributed by atoms with Crippen molar-refractivity contribution in [2.75, 3.05) is 0 Å². The first-order chi connectivity index (χ1) is 2.00. The van der Waals surface area contributed by atoms with Gasteiger partial charge in [0.15, 0.2) is 0 Å². The van der Waals surface area contributed by atoms with Gasteiger partial charge in [0.25, 0.3) is 0 Å². The average Bonchev–Trinajstić information content (AvgIpc) is 0.722. The fourth-order valence-corrected chi connectivity index (χ4v) is 0. The molecule has 0 unspecified atom stereocenters. The summed E-state index contributed by atoms with van der Waals surface area (Å²) in [6, 6.07) is 0. The van der Waals surface area contributed by atoms with Crippen molar-refractivity contribution in [3.63, 3.8) is 0 Å². The Bertz CT molecular complexity index is 43.3. The molecule has 0 aliphatic carbocycles. The summed E-state index contributed by atoms with van der Waals surface area (Å²) in [4.78, 5) is 0. The van der Waals surface area contributed by atoms with Crippen LogP contribution in [0.15, 0.2) is 0 Å². The molecule has 0 spiro atoms. The fraction of sp³-hybridized carbons (Fsp3) is 1.00. The zero-order valence-corrected chi connectivity index (χ0v) is 11.0. The zero-order chi connectivity index (χ0) is 4.50. The molecule has 0 fully saturated rings. The molecule has 0 aliphatic heterocycles. The summed E-state index contributed by atoms with van der Waals surface area (Å²) in [5.41, 5.74) is 0. The third kappa shape index (κ3) is 219. The zero-order valence-electron chi connectivity index (χ0n) is 5.80. The molecule has 0 N–H and O–H groups in total. The van der Waals surface area contributed by atoms with Crippen LogP contribution in [-0.4, -0.2) is 0 Å². The summed E-state index contributed by atoms with van der Waals surface area (Å²) in [6.45, 7) is 0. The average molecular weight is 341 g/mol. The van der Waals surface area contributed by atoms with Crippen LogP contribution in [0.2, 0.25) is 0 Å². The number of rotatable bonds is 0. The molecule has 0 aliphatic rings. The van der Waals surface area contributed by atoms with Crippen molar-refractivity contribution < 1.29 is 63.9 Å². The monoisotopic (exact) mass is 338 g/mol. The van der Waals surface area contributed by atoms with Crippen molar-refractivity contribution in [3.05, 3.63) is 0 Å². The molecule has 13 heavy (non-hydrogen) atoms. The molecule has 0 radical (unpaired) electrons. The molecular formula is C4H18Cl6Li2Ti. The normalized spacial score (nSPS) is 4.62. The molecule has 0 aromatic rings. The first kappa shape index (κ1) is 69.7. The van der Waals surface area contributed by atoms with Crippen LogP contribution in [0.25, 0.3) is 0 Å². The van der Waals surface area contributed by atoms with E-state index in [0.717, 1.165) is 0 Å². The van der Waals surface area contributed by atoms with Gasteiger partial charge in [0, 0.05) is 0 Å². The quantitative estimate of drug-likeness (QED) is 0.409. The molecule has 9 heteroatoms. The molecule has 0 nitrogen and oxygen atoms in total. The van der Waals surface area contributed by atoms with Crippen molar-refractivity contribution in [1.29, 1.82) is 0 Å². The summed E-state index contributed by atoms with van der Waals surface area (Å²) in [7, 11) is 20.1. The second-order valence-electron chi connectivity index (χ2n) is 0.429. The van der Waals surface area contributed by atoms with E-state index in [2.05, 4.69) is 0 Å². The maximum absolute atomic E-state index is 5.01. The first-order valence-electron chi connectivity index (χ1n) is 0.756. The third-order valence-electron chi connectivity index (χ3n) is 0. The van der Waals surface area contributed by atoms with E-state index in [0.29, 0.717) is 0 Å². The van der Waals surface area contributed by atoms with E-state index in [4.69, 9.17) is 37.2 Å². The van der Waals surface area contributed by atoms with Crippen LogP contribution in [0.1, 0.15) is 31.1 Å². The van der Waals surface area contributed by atoms with Gasteiger partial charge in [0.05, 0.1) is 0 Å². The summed E-state index contributed by atoms with van der Waals surface area (Å²) in [6.07, 6.45) is 0. The van der Waals surface area contributed by atoms with Gasteiger partial charge in [-0.05, 0) is 0 Å². The van der Waals surface area contributed by atoms with Gasteiger partial charge in [-0.2, -0.15) is 0 Å². The standard InChI is InChI=1S/4CH4.6ClH.2Li.Ti.H/h4*1H4;6*1H;;;;/q;;;;;;;;;;2*+1;+4;-1/p-5. The topological polar surface area (TPSA) is 0 Å². The Morgan fingerprint density at radius 2 is 0.692 bits per heavy atom. The molecule has 0 amide bonds. The van der Waals surface area contributed by atoms with Crippen LogP contribution in [0.4, 0.5) is 0 Å². The minimum Gasteiger partial charge on any atom is -1.00 e. The van der Waals surface area contributed by atoms with Crippen LogP contribution < -0.4 is 50.1 Å². The van der Waals surface area contributed by atoms with Gasteiger partial charge in [-0.25, -0.2) is 0 Å². The number of halogens is 6. The van der Waals surface area contributed by atoms with Crippen molar-refractivity contribution in [3.8, 4) is 0 Å². The third-order valence-corrected chi connectivity index (χ3v) is 0. The maximum Gasteiger partial charge on any atom is 1.00 e. The Morgan fingerprint density at radius 1 is 0.692 bits per heavy atom. The Labute approximate surface area is 141 Å². The van der Waals surface area contributed by atoms with E-state index in [1.54, 1.807) is 0 Å². The minimum absolute atomic E-state index is 0. The molecule has 0 bridgehead atoms. The van der Waals surface area contributed by atoms with Crippen molar-refractivity contribution in [1.82, 2.24) is 0 Å². The molecule has 0 saturated heterocycles. The Morgan fingerprint density at radius 3 is 0.692 bits per heavy atom.